The Morgan fingerprint density at radius 1 is 1.07 bits per heavy atom. The number of hydrogen-bond acceptors (Lipinski definition) is 8. The summed E-state index contributed by atoms with van der Waals surface area (Å²) in [6.07, 6.45) is 1.56. The molecule has 1 aliphatic rings. The van der Waals surface area contributed by atoms with Crippen LogP contribution in [-0.2, 0) is 14.3 Å². The summed E-state index contributed by atoms with van der Waals surface area (Å²) in [6, 6.07) is 10.0. The van der Waals surface area contributed by atoms with Crippen LogP contribution in [0.2, 0.25) is 0 Å². The van der Waals surface area contributed by atoms with Crippen molar-refractivity contribution in [2.45, 2.75) is 13.8 Å². The molecule has 156 valence electrons. The molecule has 0 amide bonds. The van der Waals surface area contributed by atoms with Crippen molar-refractivity contribution in [2.24, 2.45) is 4.99 Å². The number of methoxy groups -OCH3 is 2. The van der Waals surface area contributed by atoms with Crippen molar-refractivity contribution in [1.29, 1.82) is 0 Å². The Kier molecular flexibility index (Phi) is 6.36. The molecule has 8 nitrogen and oxygen atoms in total. The van der Waals surface area contributed by atoms with Crippen LogP contribution in [0.4, 0.5) is 0 Å². The highest BCUT2D eigenvalue weighted by Gasteiger charge is 2.25. The molecule has 0 aliphatic carbocycles. The van der Waals surface area contributed by atoms with E-state index in [0.29, 0.717) is 40.7 Å². The van der Waals surface area contributed by atoms with E-state index in [2.05, 4.69) is 4.99 Å². The number of ether oxygens (including phenoxy) is 5. The van der Waals surface area contributed by atoms with Gasteiger partial charge in [-0.3, -0.25) is 4.79 Å². The molecular formula is C22H21NO7. The van der Waals surface area contributed by atoms with Gasteiger partial charge in [-0.1, -0.05) is 6.07 Å². The lowest BCUT2D eigenvalue weighted by atomic mass is 10.1. The highest BCUT2D eigenvalue weighted by molar-refractivity contribution is 6.13. The third-order valence-corrected chi connectivity index (χ3v) is 4.04. The Hall–Kier alpha value is -3.81. The summed E-state index contributed by atoms with van der Waals surface area (Å²) in [4.78, 5) is 27.9. The Labute approximate surface area is 173 Å². The van der Waals surface area contributed by atoms with E-state index in [-0.39, 0.29) is 11.6 Å². The Morgan fingerprint density at radius 2 is 1.77 bits per heavy atom. The van der Waals surface area contributed by atoms with Crippen LogP contribution in [0, 0.1) is 0 Å². The molecule has 2 aromatic carbocycles. The smallest absolute Gasteiger partial charge is 0.363 e. The average molecular weight is 411 g/mol. The number of carbonyl (C=O) groups excluding carboxylic acids is 2. The van der Waals surface area contributed by atoms with Crippen molar-refractivity contribution >= 4 is 23.9 Å². The number of esters is 2. The largest absolute Gasteiger partial charge is 0.497 e. The van der Waals surface area contributed by atoms with Crippen LogP contribution in [0.5, 0.6) is 23.0 Å². The van der Waals surface area contributed by atoms with Gasteiger partial charge >= 0.3 is 11.9 Å². The van der Waals surface area contributed by atoms with E-state index in [1.165, 1.54) is 21.1 Å². The molecule has 2 aromatic rings. The molecule has 1 aliphatic heterocycles. The first-order valence-corrected chi connectivity index (χ1v) is 9.14. The minimum Gasteiger partial charge on any atom is -0.497 e. The first-order valence-electron chi connectivity index (χ1n) is 9.14. The van der Waals surface area contributed by atoms with E-state index in [0.717, 1.165) is 0 Å². The van der Waals surface area contributed by atoms with Gasteiger partial charge in [0.05, 0.1) is 20.8 Å². The fraction of sp³-hybridized carbons (Fsp3) is 0.227. The van der Waals surface area contributed by atoms with E-state index >= 15 is 0 Å². The van der Waals surface area contributed by atoms with Crippen LogP contribution in [0.25, 0.3) is 6.08 Å². The Balaban J connectivity index is 1.94. The van der Waals surface area contributed by atoms with Crippen molar-refractivity contribution in [3.63, 3.8) is 0 Å². The number of cyclic esters (lactones) is 1. The maximum Gasteiger partial charge on any atom is 0.363 e. The van der Waals surface area contributed by atoms with Gasteiger partial charge in [0.2, 0.25) is 5.90 Å². The maximum atomic E-state index is 12.3. The summed E-state index contributed by atoms with van der Waals surface area (Å²) >= 11 is 0. The lowest BCUT2D eigenvalue weighted by Crippen LogP contribution is -2.06. The topological polar surface area (TPSA) is 92.7 Å². The van der Waals surface area contributed by atoms with Crippen LogP contribution in [0.1, 0.15) is 25.0 Å². The van der Waals surface area contributed by atoms with Gasteiger partial charge < -0.3 is 23.7 Å². The lowest BCUT2D eigenvalue weighted by molar-refractivity contribution is -0.132. The molecule has 3 rings (SSSR count). The van der Waals surface area contributed by atoms with Crippen LogP contribution >= 0.6 is 0 Å². The van der Waals surface area contributed by atoms with E-state index in [4.69, 9.17) is 23.7 Å². The molecule has 8 heteroatoms. The van der Waals surface area contributed by atoms with Gasteiger partial charge in [0.25, 0.3) is 0 Å². The second kappa shape index (κ2) is 9.13. The minimum absolute atomic E-state index is 0.120. The number of benzene rings is 2. The van der Waals surface area contributed by atoms with Gasteiger partial charge in [0.1, 0.15) is 11.5 Å². The number of nitrogens with zero attached hydrogens (tertiary/aromatic N) is 1. The third kappa shape index (κ3) is 4.78. The lowest BCUT2D eigenvalue weighted by Gasteiger charge is -2.10. The predicted molar refractivity (Wildman–Crippen MR) is 109 cm³/mol. The molecule has 0 N–H and O–H groups in total. The summed E-state index contributed by atoms with van der Waals surface area (Å²) < 4.78 is 26.5. The monoisotopic (exact) mass is 411 g/mol. The summed E-state index contributed by atoms with van der Waals surface area (Å²) in [7, 11) is 3.06. The minimum atomic E-state index is -0.589. The fourth-order valence-corrected chi connectivity index (χ4v) is 2.74. The van der Waals surface area contributed by atoms with Gasteiger partial charge in [-0.15, -0.1) is 0 Å². The van der Waals surface area contributed by atoms with E-state index in [9.17, 15) is 9.59 Å². The zero-order valence-corrected chi connectivity index (χ0v) is 17.1. The first-order chi connectivity index (χ1) is 14.4. The predicted octanol–water partition coefficient (Wildman–Crippen LogP) is 3.37. The summed E-state index contributed by atoms with van der Waals surface area (Å²) in [5.74, 6) is 0.873. The number of hydrogen-bond donors (Lipinski definition) is 0. The van der Waals surface area contributed by atoms with Gasteiger partial charge in [0, 0.05) is 18.6 Å². The zero-order chi connectivity index (χ0) is 21.7. The molecule has 30 heavy (non-hydrogen) atoms. The SMILES string of the molecule is CCOc1cc(/C=C2\N=C(c3cc(OC)cc(OC)c3)OC2=O)ccc1OC(C)=O. The van der Waals surface area contributed by atoms with E-state index in [1.807, 2.05) is 6.92 Å². The molecule has 0 bridgehead atoms. The molecule has 0 saturated heterocycles. The van der Waals surface area contributed by atoms with Crippen molar-refractivity contribution in [3.05, 3.63) is 53.2 Å². The van der Waals surface area contributed by atoms with Crippen LogP contribution < -0.4 is 18.9 Å². The van der Waals surface area contributed by atoms with Crippen molar-refractivity contribution in [3.8, 4) is 23.0 Å². The molecule has 0 atom stereocenters. The number of carbonyl (C=O) groups is 2. The van der Waals surface area contributed by atoms with Gasteiger partial charge in [0.15, 0.2) is 17.2 Å². The van der Waals surface area contributed by atoms with Gasteiger partial charge in [-0.05, 0) is 42.8 Å². The molecule has 0 radical (unpaired) electrons. The Morgan fingerprint density at radius 3 is 2.37 bits per heavy atom. The zero-order valence-electron chi connectivity index (χ0n) is 17.1. The molecule has 0 fully saturated rings. The molecular weight excluding hydrogens is 390 g/mol. The second-order valence-electron chi connectivity index (χ2n) is 6.17. The average Bonchev–Trinajstić information content (AvgIpc) is 3.09. The summed E-state index contributed by atoms with van der Waals surface area (Å²) in [6.45, 7) is 3.51. The normalized spacial score (nSPS) is 14.2. The highest BCUT2D eigenvalue weighted by atomic mass is 16.6. The van der Waals surface area contributed by atoms with E-state index < -0.39 is 11.9 Å². The van der Waals surface area contributed by atoms with Gasteiger partial charge in [-0.25, -0.2) is 9.79 Å². The van der Waals surface area contributed by atoms with Crippen molar-refractivity contribution < 1.29 is 33.3 Å². The molecule has 0 spiro atoms. The fourth-order valence-electron chi connectivity index (χ4n) is 2.74. The Bertz CT molecular complexity index is 1020. The van der Waals surface area contributed by atoms with Crippen LogP contribution in [0.3, 0.4) is 0 Å². The van der Waals surface area contributed by atoms with E-state index in [1.54, 1.807) is 42.5 Å². The molecule has 0 unspecified atom stereocenters. The first kappa shape index (κ1) is 20.9. The number of rotatable bonds is 7. The highest BCUT2D eigenvalue weighted by Crippen LogP contribution is 2.31. The quantitative estimate of drug-likeness (QED) is 0.392. The van der Waals surface area contributed by atoms with Crippen LogP contribution in [-0.4, -0.2) is 38.7 Å². The summed E-state index contributed by atoms with van der Waals surface area (Å²) in [5, 5.41) is 0. The molecule has 0 aromatic heterocycles. The van der Waals surface area contributed by atoms with Gasteiger partial charge in [-0.2, -0.15) is 0 Å². The molecule has 1 heterocycles. The maximum absolute atomic E-state index is 12.3. The molecule has 0 saturated carbocycles. The van der Waals surface area contributed by atoms with Crippen molar-refractivity contribution in [1.82, 2.24) is 0 Å². The van der Waals surface area contributed by atoms with Crippen LogP contribution in [0.15, 0.2) is 47.1 Å². The standard InChI is InChI=1S/C22H21NO7/c1-5-28-20-9-14(6-7-19(20)29-13(2)24)8-18-22(25)30-21(23-18)15-10-16(26-3)12-17(11-15)27-4/h6-12H,5H2,1-4H3/b18-8-. The third-order valence-electron chi connectivity index (χ3n) is 4.04. The van der Waals surface area contributed by atoms with Crippen molar-refractivity contribution in [2.75, 3.05) is 20.8 Å². The second-order valence-corrected chi connectivity index (χ2v) is 6.17. The number of aliphatic imine (C=N–C) groups is 1. The summed E-state index contributed by atoms with van der Waals surface area (Å²) in [5.41, 5.74) is 1.30.